The third kappa shape index (κ3) is 2.71. The van der Waals surface area contributed by atoms with Crippen molar-refractivity contribution in [2.24, 2.45) is 0 Å². The Morgan fingerprint density at radius 2 is 1.80 bits per heavy atom. The van der Waals surface area contributed by atoms with E-state index in [4.69, 9.17) is 13.9 Å². The van der Waals surface area contributed by atoms with Gasteiger partial charge in [0.2, 0.25) is 5.89 Å². The molecule has 1 aromatic carbocycles. The van der Waals surface area contributed by atoms with Crippen LogP contribution in [0.5, 0.6) is 11.5 Å². The van der Waals surface area contributed by atoms with Crippen LogP contribution in [0.15, 0.2) is 47.0 Å². The molecule has 0 saturated heterocycles. The van der Waals surface area contributed by atoms with E-state index in [1.807, 2.05) is 43.3 Å². The van der Waals surface area contributed by atoms with Crippen molar-refractivity contribution in [2.75, 3.05) is 6.61 Å². The highest BCUT2D eigenvalue weighted by Gasteiger charge is 2.06. The van der Waals surface area contributed by atoms with Crippen molar-refractivity contribution in [1.29, 1.82) is 0 Å². The summed E-state index contributed by atoms with van der Waals surface area (Å²) in [6.07, 6.45) is 1.68. The Hall–Kier alpha value is -2.56. The highest BCUT2D eigenvalue weighted by molar-refractivity contribution is 5.66. The number of hydrogen-bond acceptors (Lipinski definition) is 5. The van der Waals surface area contributed by atoms with Crippen LogP contribution in [-0.2, 0) is 6.61 Å². The first-order chi connectivity index (χ1) is 9.85. The number of ether oxygens (including phenoxy) is 2. The van der Waals surface area contributed by atoms with Crippen LogP contribution in [0.2, 0.25) is 0 Å². The van der Waals surface area contributed by atoms with Crippen LogP contribution >= 0.6 is 0 Å². The largest absolute Gasteiger partial charge is 0.494 e. The molecule has 0 spiro atoms. The summed E-state index contributed by atoms with van der Waals surface area (Å²) in [7, 11) is 0. The minimum Gasteiger partial charge on any atom is -0.494 e. The third-order valence-electron chi connectivity index (χ3n) is 2.71. The van der Waals surface area contributed by atoms with Gasteiger partial charge in [-0.3, -0.25) is 0 Å². The van der Waals surface area contributed by atoms with Crippen molar-refractivity contribution in [3.8, 4) is 11.5 Å². The number of benzene rings is 1. The number of rotatable bonds is 5. The van der Waals surface area contributed by atoms with Gasteiger partial charge in [0, 0.05) is 6.20 Å². The lowest BCUT2D eigenvalue weighted by Crippen LogP contribution is -1.96. The number of oxazole rings is 1. The van der Waals surface area contributed by atoms with Gasteiger partial charge in [-0.1, -0.05) is 0 Å². The van der Waals surface area contributed by atoms with Gasteiger partial charge < -0.3 is 13.9 Å². The van der Waals surface area contributed by atoms with Crippen LogP contribution in [0.4, 0.5) is 0 Å². The van der Waals surface area contributed by atoms with E-state index in [0.717, 1.165) is 11.5 Å². The molecule has 0 N–H and O–H groups in total. The highest BCUT2D eigenvalue weighted by Crippen LogP contribution is 2.19. The number of aromatic nitrogens is 2. The first-order valence-electron chi connectivity index (χ1n) is 6.41. The molecule has 3 aromatic rings. The lowest BCUT2D eigenvalue weighted by atomic mass is 10.3. The lowest BCUT2D eigenvalue weighted by molar-refractivity contribution is 0.266. The number of pyridine rings is 1. The quantitative estimate of drug-likeness (QED) is 0.712. The molecule has 0 bridgehead atoms. The van der Waals surface area contributed by atoms with Gasteiger partial charge in [0.15, 0.2) is 17.8 Å². The second-order valence-corrected chi connectivity index (χ2v) is 4.13. The molecule has 0 radical (unpaired) electrons. The normalized spacial score (nSPS) is 10.7. The predicted octanol–water partition coefficient (Wildman–Crippen LogP) is 3.20. The average molecular weight is 270 g/mol. The molecule has 0 fully saturated rings. The maximum Gasteiger partial charge on any atom is 0.235 e. The number of fused-ring (bicyclic) bond motifs is 1. The van der Waals surface area contributed by atoms with Crippen molar-refractivity contribution >= 4 is 11.2 Å². The van der Waals surface area contributed by atoms with Crippen LogP contribution in [-0.4, -0.2) is 16.6 Å². The molecule has 3 rings (SSSR count). The van der Waals surface area contributed by atoms with Crippen molar-refractivity contribution in [3.05, 3.63) is 48.5 Å². The summed E-state index contributed by atoms with van der Waals surface area (Å²) in [5.41, 5.74) is 1.26. The third-order valence-corrected chi connectivity index (χ3v) is 2.71. The van der Waals surface area contributed by atoms with Crippen LogP contribution in [0.3, 0.4) is 0 Å². The van der Waals surface area contributed by atoms with Crippen LogP contribution in [0, 0.1) is 0 Å². The molecular weight excluding hydrogens is 256 g/mol. The minimum atomic E-state index is 0.268. The van der Waals surface area contributed by atoms with Crippen molar-refractivity contribution in [3.63, 3.8) is 0 Å². The van der Waals surface area contributed by atoms with E-state index < -0.39 is 0 Å². The molecule has 0 aliphatic carbocycles. The molecule has 5 heteroatoms. The van der Waals surface area contributed by atoms with Crippen LogP contribution in [0.25, 0.3) is 11.2 Å². The van der Waals surface area contributed by atoms with E-state index in [9.17, 15) is 0 Å². The smallest absolute Gasteiger partial charge is 0.235 e. The monoisotopic (exact) mass is 270 g/mol. The standard InChI is InChI=1S/C15H14N2O3/c1-2-18-11-5-7-12(8-6-11)19-10-14-17-15-13(20-14)4-3-9-16-15/h3-9H,2,10H2,1H3. The zero-order valence-electron chi connectivity index (χ0n) is 11.1. The predicted molar refractivity (Wildman–Crippen MR) is 73.7 cm³/mol. The second-order valence-electron chi connectivity index (χ2n) is 4.13. The molecule has 0 amide bonds. The van der Waals surface area contributed by atoms with Gasteiger partial charge in [-0.05, 0) is 43.3 Å². The van der Waals surface area contributed by atoms with Gasteiger partial charge in [0.25, 0.3) is 0 Å². The summed E-state index contributed by atoms with van der Waals surface area (Å²) < 4.78 is 16.5. The summed E-state index contributed by atoms with van der Waals surface area (Å²) in [5.74, 6) is 2.07. The van der Waals surface area contributed by atoms with Gasteiger partial charge >= 0.3 is 0 Å². The zero-order valence-corrected chi connectivity index (χ0v) is 11.1. The van der Waals surface area contributed by atoms with Crippen molar-refractivity contribution in [1.82, 2.24) is 9.97 Å². The second kappa shape index (κ2) is 5.61. The van der Waals surface area contributed by atoms with E-state index >= 15 is 0 Å². The maximum atomic E-state index is 5.62. The zero-order chi connectivity index (χ0) is 13.8. The van der Waals surface area contributed by atoms with Crippen molar-refractivity contribution in [2.45, 2.75) is 13.5 Å². The summed E-state index contributed by atoms with van der Waals surface area (Å²) in [6, 6.07) is 11.1. The summed E-state index contributed by atoms with van der Waals surface area (Å²) in [6.45, 7) is 2.87. The molecule has 5 nitrogen and oxygen atoms in total. The molecule has 2 heterocycles. The topological polar surface area (TPSA) is 57.4 Å². The van der Waals surface area contributed by atoms with Gasteiger partial charge in [-0.25, -0.2) is 4.98 Å². The fourth-order valence-electron chi connectivity index (χ4n) is 1.82. The molecule has 20 heavy (non-hydrogen) atoms. The van der Waals surface area contributed by atoms with Gasteiger partial charge in [0.1, 0.15) is 11.5 Å². The van der Waals surface area contributed by atoms with E-state index in [0.29, 0.717) is 23.7 Å². The first-order valence-corrected chi connectivity index (χ1v) is 6.41. The van der Waals surface area contributed by atoms with Crippen molar-refractivity contribution < 1.29 is 13.9 Å². The fourth-order valence-corrected chi connectivity index (χ4v) is 1.82. The Labute approximate surface area is 116 Å². The van der Waals surface area contributed by atoms with E-state index in [2.05, 4.69) is 9.97 Å². The van der Waals surface area contributed by atoms with E-state index in [-0.39, 0.29) is 6.61 Å². The Kier molecular flexibility index (Phi) is 3.50. The molecular formula is C15H14N2O3. The van der Waals surface area contributed by atoms with Gasteiger partial charge in [-0.2, -0.15) is 4.98 Å². The average Bonchev–Trinajstić information content (AvgIpc) is 2.90. The Morgan fingerprint density at radius 3 is 2.50 bits per heavy atom. The van der Waals surface area contributed by atoms with Crippen LogP contribution in [0.1, 0.15) is 12.8 Å². The molecule has 2 aromatic heterocycles. The lowest BCUT2D eigenvalue weighted by Gasteiger charge is -2.05. The maximum absolute atomic E-state index is 5.62. The van der Waals surface area contributed by atoms with Crippen LogP contribution < -0.4 is 9.47 Å². The molecule has 0 saturated carbocycles. The van der Waals surface area contributed by atoms with E-state index in [1.165, 1.54) is 0 Å². The molecule has 102 valence electrons. The summed E-state index contributed by atoms with van der Waals surface area (Å²) in [4.78, 5) is 8.36. The van der Waals surface area contributed by atoms with E-state index in [1.54, 1.807) is 6.20 Å². The molecule has 0 atom stereocenters. The SMILES string of the molecule is CCOc1ccc(OCc2nc3ncccc3o2)cc1. The first kappa shape index (κ1) is 12.5. The summed E-state index contributed by atoms with van der Waals surface area (Å²) >= 11 is 0. The summed E-state index contributed by atoms with van der Waals surface area (Å²) in [5, 5.41) is 0. The highest BCUT2D eigenvalue weighted by atomic mass is 16.5. The fraction of sp³-hybridized carbons (Fsp3) is 0.200. The molecule has 0 unspecified atom stereocenters. The van der Waals surface area contributed by atoms with Gasteiger partial charge in [0.05, 0.1) is 6.61 Å². The Balaban J connectivity index is 1.66. The Bertz CT molecular complexity index is 659. The minimum absolute atomic E-state index is 0.268. The molecule has 0 aliphatic heterocycles. The Morgan fingerprint density at radius 1 is 1.05 bits per heavy atom. The van der Waals surface area contributed by atoms with Gasteiger partial charge in [-0.15, -0.1) is 0 Å². The molecule has 0 aliphatic rings. The number of hydrogen-bond donors (Lipinski definition) is 0. The number of nitrogens with zero attached hydrogens (tertiary/aromatic N) is 2.